The minimum atomic E-state index is -3.56. The monoisotopic (exact) mass is 522 g/mol. The van der Waals surface area contributed by atoms with Gasteiger partial charge in [-0.1, -0.05) is 36.4 Å². The van der Waals surface area contributed by atoms with E-state index >= 15 is 0 Å². The summed E-state index contributed by atoms with van der Waals surface area (Å²) in [6.45, 7) is 1.94. The summed E-state index contributed by atoms with van der Waals surface area (Å²) in [5.41, 5.74) is 4.82. The quantitative estimate of drug-likeness (QED) is 0.514. The van der Waals surface area contributed by atoms with Gasteiger partial charge < -0.3 is 14.8 Å². The Morgan fingerprint density at radius 1 is 0.946 bits per heavy atom. The van der Waals surface area contributed by atoms with Gasteiger partial charge in [0.25, 0.3) is 0 Å². The Labute approximate surface area is 217 Å². The number of amides is 2. The lowest BCUT2D eigenvalue weighted by molar-refractivity contribution is 0.184. The Kier molecular flexibility index (Phi) is 7.51. The number of hydrogen-bond donors (Lipinski definition) is 2. The molecule has 0 bridgehead atoms. The van der Waals surface area contributed by atoms with Crippen molar-refractivity contribution < 1.29 is 22.7 Å². The molecule has 0 aliphatic carbocycles. The maximum atomic E-state index is 12.7. The van der Waals surface area contributed by atoms with Gasteiger partial charge in [0.1, 0.15) is 0 Å². The zero-order chi connectivity index (χ0) is 26.7. The van der Waals surface area contributed by atoms with Crippen molar-refractivity contribution in [3.05, 3.63) is 77.4 Å². The summed E-state index contributed by atoms with van der Waals surface area (Å²) in [5, 5.41) is 8.90. The summed E-state index contributed by atoms with van der Waals surface area (Å²) in [6.07, 6.45) is 0.570. The molecule has 10 heteroatoms. The van der Waals surface area contributed by atoms with Crippen LogP contribution in [0.2, 0.25) is 0 Å². The van der Waals surface area contributed by atoms with E-state index < -0.39 is 10.0 Å². The SMILES string of the molecule is CNC(=O)N1N=C(c2ccc(-c3cccc(S(=O)(=O)NC)c3)cc2)c2cc(OC)c(OC)cc2CC1C. The predicted octanol–water partition coefficient (Wildman–Crippen LogP) is 3.62. The fourth-order valence-electron chi connectivity index (χ4n) is 4.33. The lowest BCUT2D eigenvalue weighted by Crippen LogP contribution is -2.41. The smallest absolute Gasteiger partial charge is 0.337 e. The average Bonchev–Trinajstić information content (AvgIpc) is 3.07. The van der Waals surface area contributed by atoms with E-state index in [0.29, 0.717) is 23.6 Å². The zero-order valence-electron chi connectivity index (χ0n) is 21.4. The molecule has 1 unspecified atom stereocenters. The van der Waals surface area contributed by atoms with Crippen molar-refractivity contribution in [2.75, 3.05) is 28.3 Å². The first-order chi connectivity index (χ1) is 17.7. The normalized spacial score (nSPS) is 15.3. The molecule has 0 radical (unpaired) electrons. The summed E-state index contributed by atoms with van der Waals surface area (Å²) >= 11 is 0. The van der Waals surface area contributed by atoms with Crippen LogP contribution in [0.3, 0.4) is 0 Å². The van der Waals surface area contributed by atoms with Gasteiger partial charge in [-0.2, -0.15) is 5.10 Å². The van der Waals surface area contributed by atoms with Crippen molar-refractivity contribution in [2.24, 2.45) is 5.10 Å². The standard InChI is InChI=1S/C27H30N4O5S/c1-17-13-21-15-24(35-4)25(36-5)16-23(21)26(30-31(17)27(32)28-2)19-11-9-18(10-12-19)20-7-6-8-22(14-20)37(33,34)29-3/h6-12,14-17,29H,13H2,1-5H3,(H,28,32). The number of carbonyl (C=O) groups excluding carboxylic acids is 1. The minimum Gasteiger partial charge on any atom is -0.493 e. The Bertz CT molecular complexity index is 1450. The molecule has 3 aromatic carbocycles. The van der Waals surface area contributed by atoms with Gasteiger partial charge in [-0.3, -0.25) is 0 Å². The van der Waals surface area contributed by atoms with Gasteiger partial charge in [-0.25, -0.2) is 22.9 Å². The molecule has 0 fully saturated rings. The Morgan fingerprint density at radius 2 is 1.59 bits per heavy atom. The van der Waals surface area contributed by atoms with Gasteiger partial charge in [0, 0.05) is 18.2 Å². The molecule has 2 N–H and O–H groups in total. The average molecular weight is 523 g/mol. The maximum Gasteiger partial charge on any atom is 0.337 e. The number of sulfonamides is 1. The molecule has 0 saturated heterocycles. The highest BCUT2D eigenvalue weighted by Crippen LogP contribution is 2.35. The summed E-state index contributed by atoms with van der Waals surface area (Å²) in [5.74, 6) is 1.17. The number of fused-ring (bicyclic) bond motifs is 1. The van der Waals surface area contributed by atoms with Crippen LogP contribution in [-0.2, 0) is 16.4 Å². The number of urea groups is 1. The van der Waals surface area contributed by atoms with E-state index in [9.17, 15) is 13.2 Å². The van der Waals surface area contributed by atoms with Crippen LogP contribution in [0.1, 0.15) is 23.6 Å². The first-order valence-corrected chi connectivity index (χ1v) is 13.2. The number of ether oxygens (including phenoxy) is 2. The van der Waals surface area contributed by atoms with Crippen LogP contribution in [0.25, 0.3) is 11.1 Å². The lowest BCUT2D eigenvalue weighted by Gasteiger charge is -2.22. The first kappa shape index (κ1) is 26.2. The van der Waals surface area contributed by atoms with E-state index in [0.717, 1.165) is 27.8 Å². The number of nitrogens with one attached hydrogen (secondary N) is 2. The van der Waals surface area contributed by atoms with Crippen LogP contribution in [-0.4, -0.2) is 59.5 Å². The van der Waals surface area contributed by atoms with E-state index in [-0.39, 0.29) is 17.0 Å². The maximum absolute atomic E-state index is 12.7. The van der Waals surface area contributed by atoms with Gasteiger partial charge in [0.15, 0.2) is 11.5 Å². The van der Waals surface area contributed by atoms with Gasteiger partial charge >= 0.3 is 6.03 Å². The third-order valence-electron chi connectivity index (χ3n) is 6.33. The Balaban J connectivity index is 1.82. The highest BCUT2D eigenvalue weighted by Gasteiger charge is 2.28. The molecule has 0 aromatic heterocycles. The van der Waals surface area contributed by atoms with Crippen LogP contribution in [0.4, 0.5) is 4.79 Å². The molecule has 2 amide bonds. The van der Waals surface area contributed by atoms with Crippen molar-refractivity contribution in [1.82, 2.24) is 15.0 Å². The van der Waals surface area contributed by atoms with Crippen LogP contribution < -0.4 is 19.5 Å². The molecule has 1 atom stereocenters. The minimum absolute atomic E-state index is 0.190. The van der Waals surface area contributed by atoms with Crippen LogP contribution in [0, 0.1) is 0 Å². The van der Waals surface area contributed by atoms with Crippen molar-refractivity contribution >= 4 is 21.8 Å². The molecule has 3 aromatic rings. The van der Waals surface area contributed by atoms with E-state index in [1.807, 2.05) is 49.4 Å². The number of nitrogens with zero attached hydrogens (tertiary/aromatic N) is 2. The van der Waals surface area contributed by atoms with Crippen molar-refractivity contribution in [2.45, 2.75) is 24.3 Å². The zero-order valence-corrected chi connectivity index (χ0v) is 22.2. The Morgan fingerprint density at radius 3 is 2.22 bits per heavy atom. The lowest BCUT2D eigenvalue weighted by atomic mass is 9.93. The second kappa shape index (κ2) is 10.6. The fourth-order valence-corrected chi connectivity index (χ4v) is 5.11. The largest absolute Gasteiger partial charge is 0.493 e. The van der Waals surface area contributed by atoms with Crippen LogP contribution >= 0.6 is 0 Å². The molecule has 4 rings (SSSR count). The molecule has 9 nitrogen and oxygen atoms in total. The summed E-state index contributed by atoms with van der Waals surface area (Å²) in [4.78, 5) is 12.9. The van der Waals surface area contributed by atoms with Gasteiger partial charge in [0.05, 0.1) is 30.9 Å². The number of hydrogen-bond acceptors (Lipinski definition) is 6. The van der Waals surface area contributed by atoms with Gasteiger partial charge in [-0.15, -0.1) is 0 Å². The van der Waals surface area contributed by atoms with E-state index in [1.54, 1.807) is 39.5 Å². The van der Waals surface area contributed by atoms with Crippen LogP contribution in [0.15, 0.2) is 70.7 Å². The van der Waals surface area contributed by atoms with E-state index in [2.05, 4.69) is 10.0 Å². The third kappa shape index (κ3) is 5.16. The second-order valence-corrected chi connectivity index (χ2v) is 10.5. The third-order valence-corrected chi connectivity index (χ3v) is 7.74. The number of benzene rings is 3. The number of carbonyl (C=O) groups is 1. The van der Waals surface area contributed by atoms with Gasteiger partial charge in [-0.05, 0) is 61.3 Å². The first-order valence-electron chi connectivity index (χ1n) is 11.7. The van der Waals surface area contributed by atoms with E-state index in [4.69, 9.17) is 14.6 Å². The molecular weight excluding hydrogens is 492 g/mol. The summed E-state index contributed by atoms with van der Waals surface area (Å²) < 4.78 is 37.9. The van der Waals surface area contributed by atoms with Gasteiger partial charge in [0.2, 0.25) is 10.0 Å². The number of hydrazone groups is 1. The van der Waals surface area contributed by atoms with Crippen molar-refractivity contribution in [3.63, 3.8) is 0 Å². The fraction of sp³-hybridized carbons (Fsp3) is 0.259. The van der Waals surface area contributed by atoms with Crippen molar-refractivity contribution in [1.29, 1.82) is 0 Å². The molecule has 0 saturated carbocycles. The highest BCUT2D eigenvalue weighted by molar-refractivity contribution is 7.89. The predicted molar refractivity (Wildman–Crippen MR) is 143 cm³/mol. The summed E-state index contributed by atoms with van der Waals surface area (Å²) in [7, 11) is 2.57. The molecular formula is C27H30N4O5S. The topological polar surface area (TPSA) is 109 Å². The van der Waals surface area contributed by atoms with Crippen LogP contribution in [0.5, 0.6) is 11.5 Å². The molecule has 1 aliphatic heterocycles. The molecule has 194 valence electrons. The number of rotatable bonds is 6. The molecule has 1 aliphatic rings. The molecule has 37 heavy (non-hydrogen) atoms. The highest BCUT2D eigenvalue weighted by atomic mass is 32.2. The Hall–Kier alpha value is -3.89. The molecule has 0 spiro atoms. The summed E-state index contributed by atoms with van der Waals surface area (Å²) in [6, 6.07) is 17.7. The second-order valence-electron chi connectivity index (χ2n) is 8.58. The molecule has 1 heterocycles. The van der Waals surface area contributed by atoms with Crippen molar-refractivity contribution in [3.8, 4) is 22.6 Å². The van der Waals surface area contributed by atoms with E-state index in [1.165, 1.54) is 12.1 Å². The number of methoxy groups -OCH3 is 2.